The van der Waals surface area contributed by atoms with Crippen LogP contribution in [0.5, 0.6) is 5.88 Å². The smallest absolute Gasteiger partial charge is 0.349 e. The Hall–Kier alpha value is -1.96. The first-order valence-electron chi connectivity index (χ1n) is 4.47. The van der Waals surface area contributed by atoms with Crippen molar-refractivity contribution in [2.24, 2.45) is 0 Å². The van der Waals surface area contributed by atoms with Crippen LogP contribution in [0.25, 0.3) is 0 Å². The van der Waals surface area contributed by atoms with Crippen LogP contribution in [0.1, 0.15) is 6.92 Å². The largest absolute Gasteiger partial charge is 0.467 e. The average molecular weight is 228 g/mol. The molecule has 1 aromatic rings. The van der Waals surface area contributed by atoms with E-state index < -0.39 is 4.92 Å². The summed E-state index contributed by atoms with van der Waals surface area (Å²) in [6, 6.07) is 0. The first-order valence-corrected chi connectivity index (χ1v) is 4.47. The van der Waals surface area contributed by atoms with Crippen LogP contribution in [0.2, 0.25) is 0 Å². The van der Waals surface area contributed by atoms with E-state index in [9.17, 15) is 10.1 Å². The van der Waals surface area contributed by atoms with Gasteiger partial charge in [-0.3, -0.25) is 10.1 Å². The fraction of sp³-hybridized carbons (Fsp3) is 0.500. The van der Waals surface area contributed by atoms with Gasteiger partial charge in [0.1, 0.15) is 12.3 Å². The second-order valence-corrected chi connectivity index (χ2v) is 3.06. The number of aromatic nitrogens is 2. The third kappa shape index (κ3) is 3.02. The molecule has 0 fully saturated rings. The van der Waals surface area contributed by atoms with Gasteiger partial charge >= 0.3 is 5.69 Å². The predicted octanol–water partition coefficient (Wildman–Crippen LogP) is 0.381. The number of hydrogen-bond donors (Lipinski definition) is 1. The molecule has 0 saturated carbocycles. The van der Waals surface area contributed by atoms with E-state index in [4.69, 9.17) is 15.2 Å². The molecule has 8 heteroatoms. The fourth-order valence-electron chi connectivity index (χ4n) is 1.04. The third-order valence-corrected chi connectivity index (χ3v) is 1.67. The number of anilines is 1. The van der Waals surface area contributed by atoms with Crippen molar-refractivity contribution in [2.75, 3.05) is 19.5 Å². The summed E-state index contributed by atoms with van der Waals surface area (Å²) >= 11 is 0. The van der Waals surface area contributed by atoms with Gasteiger partial charge in [0.05, 0.1) is 11.5 Å². The van der Waals surface area contributed by atoms with Crippen LogP contribution < -0.4 is 10.5 Å². The lowest BCUT2D eigenvalue weighted by Gasteiger charge is -2.12. The first kappa shape index (κ1) is 12.1. The number of nitrogens with zero attached hydrogens (tertiary/aromatic N) is 3. The molecule has 0 aliphatic heterocycles. The quantitative estimate of drug-likeness (QED) is 0.572. The molecule has 1 atom stereocenters. The lowest BCUT2D eigenvalue weighted by molar-refractivity contribution is -0.386. The van der Waals surface area contributed by atoms with Gasteiger partial charge in [-0.05, 0) is 6.92 Å². The summed E-state index contributed by atoms with van der Waals surface area (Å²) in [4.78, 5) is 17.2. The second-order valence-electron chi connectivity index (χ2n) is 3.06. The first-order chi connectivity index (χ1) is 7.54. The summed E-state index contributed by atoms with van der Waals surface area (Å²) in [5.74, 6) is -0.229. The zero-order chi connectivity index (χ0) is 12.1. The number of nitro groups is 1. The lowest BCUT2D eigenvalue weighted by atomic mass is 10.4. The van der Waals surface area contributed by atoms with E-state index in [0.717, 1.165) is 6.20 Å². The van der Waals surface area contributed by atoms with Crippen molar-refractivity contribution in [1.29, 1.82) is 0 Å². The van der Waals surface area contributed by atoms with Gasteiger partial charge < -0.3 is 15.2 Å². The second kappa shape index (κ2) is 5.21. The molecule has 0 aromatic carbocycles. The van der Waals surface area contributed by atoms with Crippen molar-refractivity contribution >= 4 is 11.6 Å². The van der Waals surface area contributed by atoms with Crippen LogP contribution in [0.15, 0.2) is 6.20 Å². The molecule has 2 N–H and O–H groups in total. The molecule has 16 heavy (non-hydrogen) atoms. The standard InChI is InChI=1S/C8H12N4O4/c1-5(4-15-2)16-7-6(12(13)14)3-10-8(9)11-7/h3,5H,4H2,1-2H3,(H2,9,10,11). The highest BCUT2D eigenvalue weighted by atomic mass is 16.6. The van der Waals surface area contributed by atoms with Crippen molar-refractivity contribution < 1.29 is 14.4 Å². The van der Waals surface area contributed by atoms with Gasteiger partial charge in [0.25, 0.3) is 5.88 Å². The molecule has 0 aliphatic rings. The Labute approximate surface area is 91.6 Å². The topological polar surface area (TPSA) is 113 Å². The summed E-state index contributed by atoms with van der Waals surface area (Å²) in [5.41, 5.74) is 5.00. The van der Waals surface area contributed by atoms with Crippen molar-refractivity contribution in [3.8, 4) is 5.88 Å². The molecule has 1 rings (SSSR count). The van der Waals surface area contributed by atoms with Gasteiger partial charge in [0.2, 0.25) is 5.95 Å². The summed E-state index contributed by atoms with van der Waals surface area (Å²) < 4.78 is 10.1. The Bertz CT molecular complexity index is 384. The minimum atomic E-state index is -0.631. The monoisotopic (exact) mass is 228 g/mol. The number of ether oxygens (including phenoxy) is 2. The van der Waals surface area contributed by atoms with E-state index in [1.807, 2.05) is 0 Å². The molecule has 1 aromatic heterocycles. The van der Waals surface area contributed by atoms with Gasteiger partial charge in [-0.2, -0.15) is 4.98 Å². The van der Waals surface area contributed by atoms with Crippen molar-refractivity contribution in [1.82, 2.24) is 9.97 Å². The van der Waals surface area contributed by atoms with Gasteiger partial charge in [-0.1, -0.05) is 0 Å². The maximum atomic E-state index is 10.6. The number of rotatable bonds is 5. The Morgan fingerprint density at radius 2 is 2.38 bits per heavy atom. The molecule has 88 valence electrons. The van der Waals surface area contributed by atoms with Crippen LogP contribution in [-0.4, -0.2) is 34.7 Å². The van der Waals surface area contributed by atoms with Crippen molar-refractivity contribution in [2.45, 2.75) is 13.0 Å². The minimum Gasteiger partial charge on any atom is -0.467 e. The van der Waals surface area contributed by atoms with E-state index in [2.05, 4.69) is 9.97 Å². The summed E-state index contributed by atoms with van der Waals surface area (Å²) in [6.07, 6.45) is 0.648. The number of methoxy groups -OCH3 is 1. The van der Waals surface area contributed by atoms with Crippen LogP contribution in [-0.2, 0) is 4.74 Å². The Morgan fingerprint density at radius 3 is 2.94 bits per heavy atom. The maximum absolute atomic E-state index is 10.6. The molecule has 0 saturated heterocycles. The van der Waals surface area contributed by atoms with Crippen molar-refractivity contribution in [3.63, 3.8) is 0 Å². The lowest BCUT2D eigenvalue weighted by Crippen LogP contribution is -2.19. The highest BCUT2D eigenvalue weighted by Crippen LogP contribution is 2.24. The van der Waals surface area contributed by atoms with Gasteiger partial charge in [-0.25, -0.2) is 4.98 Å². The molecule has 0 aliphatic carbocycles. The van der Waals surface area contributed by atoms with E-state index in [1.165, 1.54) is 7.11 Å². The van der Waals surface area contributed by atoms with Crippen LogP contribution >= 0.6 is 0 Å². The number of nitrogen functional groups attached to an aromatic ring is 1. The molecule has 8 nitrogen and oxygen atoms in total. The van der Waals surface area contributed by atoms with E-state index in [0.29, 0.717) is 6.61 Å². The predicted molar refractivity (Wildman–Crippen MR) is 55.1 cm³/mol. The normalized spacial score (nSPS) is 12.1. The fourth-order valence-corrected chi connectivity index (χ4v) is 1.04. The Balaban J connectivity index is 2.92. The molecule has 0 bridgehead atoms. The summed E-state index contributed by atoms with van der Waals surface area (Å²) in [6.45, 7) is 1.99. The van der Waals surface area contributed by atoms with E-state index >= 15 is 0 Å². The SMILES string of the molecule is COCC(C)Oc1nc(N)ncc1[N+](=O)[O-]. The zero-order valence-electron chi connectivity index (χ0n) is 8.91. The van der Waals surface area contributed by atoms with Crippen LogP contribution in [0.3, 0.4) is 0 Å². The molecule has 0 amide bonds. The van der Waals surface area contributed by atoms with Gasteiger partial charge in [0.15, 0.2) is 0 Å². The average Bonchev–Trinajstić information content (AvgIpc) is 2.17. The van der Waals surface area contributed by atoms with Crippen LogP contribution in [0.4, 0.5) is 11.6 Å². The molecular formula is C8H12N4O4. The Morgan fingerprint density at radius 1 is 1.69 bits per heavy atom. The summed E-state index contributed by atoms with van der Waals surface area (Å²) in [5, 5.41) is 10.6. The molecule has 1 heterocycles. The Kier molecular flexibility index (Phi) is 3.95. The van der Waals surface area contributed by atoms with Gasteiger partial charge in [0, 0.05) is 7.11 Å². The molecule has 0 spiro atoms. The molecule has 0 radical (unpaired) electrons. The van der Waals surface area contributed by atoms with Crippen LogP contribution in [0, 0.1) is 10.1 Å². The summed E-state index contributed by atoms with van der Waals surface area (Å²) in [7, 11) is 1.50. The van der Waals surface area contributed by atoms with E-state index in [-0.39, 0.29) is 23.6 Å². The zero-order valence-corrected chi connectivity index (χ0v) is 8.91. The number of hydrogen-bond acceptors (Lipinski definition) is 7. The molecule has 1 unspecified atom stereocenters. The van der Waals surface area contributed by atoms with Crippen molar-refractivity contribution in [3.05, 3.63) is 16.3 Å². The molecular weight excluding hydrogens is 216 g/mol. The third-order valence-electron chi connectivity index (χ3n) is 1.67. The number of nitrogens with two attached hydrogens (primary N) is 1. The highest BCUT2D eigenvalue weighted by molar-refractivity contribution is 5.41. The van der Waals surface area contributed by atoms with Gasteiger partial charge in [-0.15, -0.1) is 0 Å². The van der Waals surface area contributed by atoms with E-state index in [1.54, 1.807) is 6.92 Å². The minimum absolute atomic E-state index is 0.0785. The maximum Gasteiger partial charge on any atom is 0.349 e. The highest BCUT2D eigenvalue weighted by Gasteiger charge is 2.20.